The van der Waals surface area contributed by atoms with E-state index in [1.807, 2.05) is 12.3 Å². The molecule has 0 atom stereocenters. The Morgan fingerprint density at radius 3 is 2.52 bits per heavy atom. The van der Waals surface area contributed by atoms with Gasteiger partial charge in [-0.1, -0.05) is 41.3 Å². The van der Waals surface area contributed by atoms with Gasteiger partial charge in [-0.2, -0.15) is 0 Å². The number of nitrogens with zero attached hydrogens (tertiary/aromatic N) is 1. The zero-order valence-electron chi connectivity index (χ0n) is 16.5. The maximum absolute atomic E-state index is 10.7. The standard InChI is InChI=1S/C16H17BrN2O2S.C4H9NO2/c17-13-8-11(19-16(20)21)6-7-12(13)14-9-18-15(22-14)10-4-2-1-3-5-10;1-3(2)7-4(5)6/h6-10,19H,1-5H2,(H,20,21);3H,1-2H3,(H2,5,6). The predicted octanol–water partition coefficient (Wildman–Crippen LogP) is 6.20. The van der Waals surface area contributed by atoms with Gasteiger partial charge >= 0.3 is 12.2 Å². The minimum absolute atomic E-state index is 0.0995. The van der Waals surface area contributed by atoms with Crippen LogP contribution in [0.1, 0.15) is 56.9 Å². The van der Waals surface area contributed by atoms with Crippen LogP contribution in [0.25, 0.3) is 10.4 Å². The number of nitrogens with two attached hydrogens (primary N) is 1. The van der Waals surface area contributed by atoms with E-state index in [0.29, 0.717) is 11.6 Å². The van der Waals surface area contributed by atoms with Gasteiger partial charge in [-0.15, -0.1) is 11.3 Å². The normalized spacial score (nSPS) is 14.1. The second-order valence-electron chi connectivity index (χ2n) is 7.01. The number of carbonyl (C=O) groups is 2. The van der Waals surface area contributed by atoms with Gasteiger partial charge in [0.2, 0.25) is 0 Å². The number of ether oxygens (including phenoxy) is 1. The maximum Gasteiger partial charge on any atom is 0.409 e. The molecule has 2 aromatic rings. The Morgan fingerprint density at radius 2 is 2.00 bits per heavy atom. The Hall–Kier alpha value is -2.13. The number of carbonyl (C=O) groups excluding carboxylic acids is 1. The minimum Gasteiger partial charge on any atom is -0.465 e. The molecule has 0 unspecified atom stereocenters. The summed E-state index contributed by atoms with van der Waals surface area (Å²) in [5.41, 5.74) is 6.24. The third kappa shape index (κ3) is 7.66. The number of hydrogen-bond acceptors (Lipinski definition) is 5. The van der Waals surface area contributed by atoms with E-state index in [2.05, 4.69) is 36.7 Å². The number of anilines is 1. The molecule has 2 amide bonds. The van der Waals surface area contributed by atoms with Crippen molar-refractivity contribution in [1.82, 2.24) is 4.98 Å². The van der Waals surface area contributed by atoms with Gasteiger partial charge in [-0.05, 0) is 38.8 Å². The second kappa shape index (κ2) is 11.2. The summed E-state index contributed by atoms with van der Waals surface area (Å²) in [4.78, 5) is 26.2. The third-order valence-corrected chi connectivity index (χ3v) is 6.16. The number of amides is 2. The van der Waals surface area contributed by atoms with E-state index in [1.54, 1.807) is 37.3 Å². The minimum atomic E-state index is -1.06. The van der Waals surface area contributed by atoms with E-state index in [4.69, 9.17) is 5.11 Å². The fourth-order valence-corrected chi connectivity index (χ4v) is 4.95. The van der Waals surface area contributed by atoms with Gasteiger partial charge in [0.05, 0.1) is 16.0 Å². The van der Waals surface area contributed by atoms with Crippen molar-refractivity contribution in [2.75, 3.05) is 5.32 Å². The van der Waals surface area contributed by atoms with Crippen molar-refractivity contribution in [1.29, 1.82) is 0 Å². The fourth-order valence-electron chi connectivity index (χ4n) is 3.10. The molecule has 0 bridgehead atoms. The average molecular weight is 484 g/mol. The Bertz CT molecular complexity index is 835. The molecule has 0 radical (unpaired) electrons. The molecule has 1 aliphatic rings. The molecule has 29 heavy (non-hydrogen) atoms. The molecule has 1 aromatic carbocycles. The highest BCUT2D eigenvalue weighted by Crippen LogP contribution is 2.39. The molecular formula is C20H26BrN3O4S. The molecule has 0 spiro atoms. The molecule has 0 saturated heterocycles. The van der Waals surface area contributed by atoms with Crippen LogP contribution in [0.4, 0.5) is 15.3 Å². The van der Waals surface area contributed by atoms with Crippen molar-refractivity contribution in [3.63, 3.8) is 0 Å². The van der Waals surface area contributed by atoms with Gasteiger partial charge in [0.25, 0.3) is 0 Å². The molecule has 0 aliphatic heterocycles. The summed E-state index contributed by atoms with van der Waals surface area (Å²) in [6.07, 6.45) is 6.50. The van der Waals surface area contributed by atoms with Crippen LogP contribution in [0.2, 0.25) is 0 Å². The molecule has 9 heteroatoms. The number of thiazole rings is 1. The first-order chi connectivity index (χ1) is 13.8. The zero-order chi connectivity index (χ0) is 21.4. The number of benzene rings is 1. The van der Waals surface area contributed by atoms with Crippen molar-refractivity contribution in [3.8, 4) is 10.4 Å². The number of carboxylic acid groups (broad SMARTS) is 1. The largest absolute Gasteiger partial charge is 0.465 e. The van der Waals surface area contributed by atoms with E-state index in [0.717, 1.165) is 14.9 Å². The highest BCUT2D eigenvalue weighted by molar-refractivity contribution is 9.10. The lowest BCUT2D eigenvalue weighted by Gasteiger charge is -2.18. The van der Waals surface area contributed by atoms with Gasteiger partial charge in [-0.3, -0.25) is 5.32 Å². The lowest BCUT2D eigenvalue weighted by molar-refractivity contribution is 0.125. The summed E-state index contributed by atoms with van der Waals surface area (Å²) in [6, 6.07) is 5.48. The van der Waals surface area contributed by atoms with Gasteiger partial charge < -0.3 is 15.6 Å². The van der Waals surface area contributed by atoms with Gasteiger partial charge in [0, 0.05) is 27.8 Å². The SMILES string of the molecule is CC(C)OC(N)=O.O=C(O)Nc1ccc(-c2cnc(C3CCCCC3)s2)c(Br)c1. The first kappa shape index (κ1) is 23.2. The van der Waals surface area contributed by atoms with Crippen LogP contribution in [0, 0.1) is 0 Å². The molecule has 4 N–H and O–H groups in total. The van der Waals surface area contributed by atoms with Crippen LogP contribution in [0.5, 0.6) is 0 Å². The van der Waals surface area contributed by atoms with Crippen molar-refractivity contribution < 1.29 is 19.4 Å². The average Bonchev–Trinajstić information content (AvgIpc) is 3.11. The van der Waals surface area contributed by atoms with Crippen molar-refractivity contribution in [2.24, 2.45) is 5.73 Å². The first-order valence-electron chi connectivity index (χ1n) is 9.48. The molecule has 158 valence electrons. The first-order valence-corrected chi connectivity index (χ1v) is 11.1. The number of nitrogens with one attached hydrogen (secondary N) is 1. The van der Waals surface area contributed by atoms with Crippen LogP contribution in [0.15, 0.2) is 28.9 Å². The van der Waals surface area contributed by atoms with Crippen LogP contribution in [0.3, 0.4) is 0 Å². The quantitative estimate of drug-likeness (QED) is 0.478. The van der Waals surface area contributed by atoms with Gasteiger partial charge in [0.15, 0.2) is 0 Å². The Balaban J connectivity index is 0.000000370. The third-order valence-electron chi connectivity index (χ3n) is 4.32. The summed E-state index contributed by atoms with van der Waals surface area (Å²) in [5, 5.41) is 12.3. The molecule has 1 saturated carbocycles. The molecule has 3 rings (SSSR count). The predicted molar refractivity (Wildman–Crippen MR) is 119 cm³/mol. The van der Waals surface area contributed by atoms with E-state index in [1.165, 1.54) is 37.1 Å². The number of hydrogen-bond donors (Lipinski definition) is 3. The number of aromatic nitrogens is 1. The molecule has 1 aliphatic carbocycles. The molecule has 1 aromatic heterocycles. The number of rotatable bonds is 4. The summed E-state index contributed by atoms with van der Waals surface area (Å²) in [6.45, 7) is 3.48. The highest BCUT2D eigenvalue weighted by Gasteiger charge is 2.19. The molecular weight excluding hydrogens is 458 g/mol. The van der Waals surface area contributed by atoms with Crippen LogP contribution >= 0.6 is 27.3 Å². The van der Waals surface area contributed by atoms with Crippen LogP contribution in [-0.2, 0) is 4.74 Å². The molecule has 7 nitrogen and oxygen atoms in total. The number of primary amides is 1. The lowest BCUT2D eigenvalue weighted by Crippen LogP contribution is -2.17. The van der Waals surface area contributed by atoms with E-state index in [9.17, 15) is 9.59 Å². The van der Waals surface area contributed by atoms with Gasteiger partial charge in [0.1, 0.15) is 0 Å². The van der Waals surface area contributed by atoms with Crippen LogP contribution < -0.4 is 11.1 Å². The highest BCUT2D eigenvalue weighted by atomic mass is 79.9. The van der Waals surface area contributed by atoms with Crippen molar-refractivity contribution in [2.45, 2.75) is 58.0 Å². The summed E-state index contributed by atoms with van der Waals surface area (Å²) in [5.74, 6) is 0.610. The van der Waals surface area contributed by atoms with Crippen molar-refractivity contribution in [3.05, 3.63) is 33.9 Å². The summed E-state index contributed by atoms with van der Waals surface area (Å²) >= 11 is 5.27. The molecule has 1 fully saturated rings. The number of halogens is 1. The van der Waals surface area contributed by atoms with Crippen molar-refractivity contribution >= 4 is 45.1 Å². The molecule has 1 heterocycles. The van der Waals surface area contributed by atoms with Crippen LogP contribution in [-0.4, -0.2) is 28.4 Å². The maximum atomic E-state index is 10.7. The Kier molecular flexibility index (Phi) is 8.91. The Labute approximate surface area is 182 Å². The van der Waals surface area contributed by atoms with Gasteiger partial charge in [-0.25, -0.2) is 14.6 Å². The topological polar surface area (TPSA) is 115 Å². The van der Waals surface area contributed by atoms with E-state index < -0.39 is 12.2 Å². The van der Waals surface area contributed by atoms with E-state index >= 15 is 0 Å². The fraction of sp³-hybridized carbons (Fsp3) is 0.450. The monoisotopic (exact) mass is 483 g/mol. The van der Waals surface area contributed by atoms with E-state index in [-0.39, 0.29) is 6.10 Å². The summed E-state index contributed by atoms with van der Waals surface area (Å²) in [7, 11) is 0. The summed E-state index contributed by atoms with van der Waals surface area (Å²) < 4.78 is 5.26. The smallest absolute Gasteiger partial charge is 0.409 e. The zero-order valence-corrected chi connectivity index (χ0v) is 18.9. The second-order valence-corrected chi connectivity index (χ2v) is 8.92. The lowest BCUT2D eigenvalue weighted by atomic mass is 9.90. The Morgan fingerprint density at radius 1 is 1.31 bits per heavy atom.